The fraction of sp³-hybridized carbons (Fsp3) is 0.167. The molecule has 0 unspecified atom stereocenters. The van der Waals surface area contributed by atoms with Crippen LogP contribution in [0.15, 0.2) is 41.2 Å². The molecule has 2 aromatic carbocycles. The van der Waals surface area contributed by atoms with Gasteiger partial charge in [-0.2, -0.15) is 0 Å². The molecule has 0 aliphatic rings. The molecular formula is C18H16ClN3O2. The van der Waals surface area contributed by atoms with Gasteiger partial charge in [0.25, 0.3) is 11.5 Å². The molecule has 24 heavy (non-hydrogen) atoms. The summed E-state index contributed by atoms with van der Waals surface area (Å²) in [7, 11) is 1.64. The second-order valence-corrected chi connectivity index (χ2v) is 6.15. The first kappa shape index (κ1) is 16.2. The monoisotopic (exact) mass is 341 g/mol. The number of aryl methyl sites for hydroxylation is 3. The third-order valence-electron chi connectivity index (χ3n) is 3.99. The highest BCUT2D eigenvalue weighted by Crippen LogP contribution is 2.18. The number of fused-ring (bicyclic) bond motifs is 1. The summed E-state index contributed by atoms with van der Waals surface area (Å²) in [6.07, 6.45) is 0. The number of amides is 1. The van der Waals surface area contributed by atoms with Gasteiger partial charge >= 0.3 is 0 Å². The molecule has 0 saturated carbocycles. The number of rotatable bonds is 2. The molecule has 3 aromatic rings. The lowest BCUT2D eigenvalue weighted by atomic mass is 10.1. The number of carbonyl (C=O) groups is 1. The summed E-state index contributed by atoms with van der Waals surface area (Å²) < 4.78 is 1.45. The molecule has 0 radical (unpaired) electrons. The van der Waals surface area contributed by atoms with Crippen LogP contribution in [0.3, 0.4) is 0 Å². The number of benzene rings is 2. The van der Waals surface area contributed by atoms with Gasteiger partial charge in [0.05, 0.1) is 11.0 Å². The first-order valence-corrected chi connectivity index (χ1v) is 7.79. The molecule has 6 heteroatoms. The fourth-order valence-corrected chi connectivity index (χ4v) is 2.68. The Morgan fingerprint density at radius 3 is 2.58 bits per heavy atom. The quantitative estimate of drug-likeness (QED) is 0.776. The zero-order chi connectivity index (χ0) is 17.4. The molecule has 1 amide bonds. The van der Waals surface area contributed by atoms with E-state index in [0.29, 0.717) is 21.7 Å². The second kappa shape index (κ2) is 6.09. The lowest BCUT2D eigenvalue weighted by Gasteiger charge is -2.10. The molecule has 0 aliphatic heterocycles. The predicted octanol–water partition coefficient (Wildman–Crippen LogP) is 3.46. The highest BCUT2D eigenvalue weighted by atomic mass is 35.5. The summed E-state index contributed by atoms with van der Waals surface area (Å²) in [5.41, 5.74) is 3.35. The number of halogens is 1. The lowest BCUT2D eigenvalue weighted by molar-refractivity contribution is 0.102. The van der Waals surface area contributed by atoms with E-state index in [1.165, 1.54) is 4.57 Å². The Kier molecular flexibility index (Phi) is 4.11. The van der Waals surface area contributed by atoms with E-state index < -0.39 is 11.5 Å². The Hall–Kier alpha value is -2.66. The summed E-state index contributed by atoms with van der Waals surface area (Å²) >= 11 is 5.91. The molecule has 3 rings (SSSR count). The second-order valence-electron chi connectivity index (χ2n) is 5.71. The smallest absolute Gasteiger partial charge is 0.282 e. The normalized spacial score (nSPS) is 10.8. The van der Waals surface area contributed by atoms with Crippen LogP contribution >= 0.6 is 11.6 Å². The van der Waals surface area contributed by atoms with Crippen LogP contribution in [0.25, 0.3) is 11.0 Å². The van der Waals surface area contributed by atoms with Gasteiger partial charge in [0.15, 0.2) is 5.69 Å². The number of hydrogen-bond acceptors (Lipinski definition) is 3. The number of nitrogens with zero attached hydrogens (tertiary/aromatic N) is 2. The van der Waals surface area contributed by atoms with Gasteiger partial charge in [-0.05, 0) is 55.3 Å². The van der Waals surface area contributed by atoms with Crippen molar-refractivity contribution < 1.29 is 4.79 Å². The maximum absolute atomic E-state index is 12.5. The first-order chi connectivity index (χ1) is 11.4. The van der Waals surface area contributed by atoms with E-state index in [0.717, 1.165) is 11.1 Å². The van der Waals surface area contributed by atoms with Crippen LogP contribution < -0.4 is 10.9 Å². The molecule has 0 spiro atoms. The number of carbonyl (C=O) groups excluding carboxylic acids is 1. The average Bonchev–Trinajstić information content (AvgIpc) is 2.53. The van der Waals surface area contributed by atoms with Crippen molar-refractivity contribution in [2.24, 2.45) is 7.05 Å². The first-order valence-electron chi connectivity index (χ1n) is 7.41. The Labute approximate surface area is 143 Å². The SMILES string of the molecule is Cc1cc2nc(C(=O)Nc3cccc(Cl)c3)c(=O)n(C)c2cc1C. The zero-order valence-electron chi connectivity index (χ0n) is 13.6. The third kappa shape index (κ3) is 2.90. The van der Waals surface area contributed by atoms with Crippen LogP contribution in [-0.4, -0.2) is 15.5 Å². The molecule has 0 saturated heterocycles. The van der Waals surface area contributed by atoms with E-state index in [1.807, 2.05) is 26.0 Å². The van der Waals surface area contributed by atoms with Crippen molar-refractivity contribution in [3.05, 3.63) is 68.6 Å². The minimum absolute atomic E-state index is 0.145. The van der Waals surface area contributed by atoms with Crippen LogP contribution in [-0.2, 0) is 7.05 Å². The van der Waals surface area contributed by atoms with Crippen LogP contribution in [0, 0.1) is 13.8 Å². The van der Waals surface area contributed by atoms with Crippen molar-refractivity contribution in [3.8, 4) is 0 Å². The Morgan fingerprint density at radius 2 is 1.88 bits per heavy atom. The van der Waals surface area contributed by atoms with E-state index in [-0.39, 0.29) is 5.69 Å². The third-order valence-corrected chi connectivity index (χ3v) is 4.22. The Balaban J connectivity index is 2.09. The summed E-state index contributed by atoms with van der Waals surface area (Å²) in [4.78, 5) is 29.2. The van der Waals surface area contributed by atoms with Gasteiger partial charge in [0, 0.05) is 17.8 Å². The van der Waals surface area contributed by atoms with Crippen molar-refractivity contribution in [2.45, 2.75) is 13.8 Å². The molecule has 0 atom stereocenters. The van der Waals surface area contributed by atoms with Gasteiger partial charge in [0.1, 0.15) is 0 Å². The van der Waals surface area contributed by atoms with Gasteiger partial charge < -0.3 is 9.88 Å². The van der Waals surface area contributed by atoms with Crippen LogP contribution in [0.5, 0.6) is 0 Å². The molecule has 1 N–H and O–H groups in total. The van der Waals surface area contributed by atoms with Gasteiger partial charge in [-0.25, -0.2) is 4.98 Å². The highest BCUT2D eigenvalue weighted by molar-refractivity contribution is 6.30. The maximum atomic E-state index is 12.5. The Bertz CT molecular complexity index is 1020. The molecule has 5 nitrogen and oxygen atoms in total. The van der Waals surface area contributed by atoms with Crippen LogP contribution in [0.2, 0.25) is 5.02 Å². The standard InChI is InChI=1S/C18H16ClN3O2/c1-10-7-14-15(8-11(10)2)22(3)18(24)16(21-14)17(23)20-13-6-4-5-12(19)9-13/h4-9H,1-3H3,(H,20,23). The molecule has 0 bridgehead atoms. The number of nitrogens with one attached hydrogen (secondary N) is 1. The van der Waals surface area contributed by atoms with E-state index in [2.05, 4.69) is 10.3 Å². The van der Waals surface area contributed by atoms with E-state index in [9.17, 15) is 9.59 Å². The minimum Gasteiger partial charge on any atom is -0.320 e. The zero-order valence-corrected chi connectivity index (χ0v) is 14.3. The van der Waals surface area contributed by atoms with Crippen LogP contribution in [0.1, 0.15) is 21.6 Å². The predicted molar refractivity (Wildman–Crippen MR) is 95.9 cm³/mol. The topological polar surface area (TPSA) is 64.0 Å². The molecule has 0 fully saturated rings. The maximum Gasteiger partial charge on any atom is 0.282 e. The van der Waals surface area contributed by atoms with Gasteiger partial charge in [-0.1, -0.05) is 17.7 Å². The van der Waals surface area contributed by atoms with Gasteiger partial charge in [-0.15, -0.1) is 0 Å². The summed E-state index contributed by atoms with van der Waals surface area (Å²) in [6, 6.07) is 10.5. The number of aromatic nitrogens is 2. The minimum atomic E-state index is -0.557. The molecule has 122 valence electrons. The van der Waals surface area contributed by atoms with Crippen molar-refractivity contribution in [2.75, 3.05) is 5.32 Å². The van der Waals surface area contributed by atoms with Crippen molar-refractivity contribution in [1.29, 1.82) is 0 Å². The van der Waals surface area contributed by atoms with Crippen LogP contribution in [0.4, 0.5) is 5.69 Å². The number of hydrogen-bond donors (Lipinski definition) is 1. The molecule has 1 heterocycles. The number of anilines is 1. The van der Waals surface area contributed by atoms with Crippen molar-refractivity contribution in [1.82, 2.24) is 9.55 Å². The molecule has 0 aliphatic carbocycles. The summed E-state index contributed by atoms with van der Waals surface area (Å²) in [6.45, 7) is 3.94. The molecular weight excluding hydrogens is 326 g/mol. The molecule has 1 aromatic heterocycles. The van der Waals surface area contributed by atoms with Gasteiger partial charge in [-0.3, -0.25) is 9.59 Å². The summed E-state index contributed by atoms with van der Waals surface area (Å²) in [5.74, 6) is -0.557. The van der Waals surface area contributed by atoms with E-state index in [4.69, 9.17) is 11.6 Å². The summed E-state index contributed by atoms with van der Waals surface area (Å²) in [5, 5.41) is 3.16. The van der Waals surface area contributed by atoms with Crippen molar-refractivity contribution >= 4 is 34.2 Å². The van der Waals surface area contributed by atoms with Gasteiger partial charge in [0.2, 0.25) is 0 Å². The average molecular weight is 342 g/mol. The fourth-order valence-electron chi connectivity index (χ4n) is 2.48. The Morgan fingerprint density at radius 1 is 1.17 bits per heavy atom. The highest BCUT2D eigenvalue weighted by Gasteiger charge is 2.17. The largest absolute Gasteiger partial charge is 0.320 e. The van der Waals surface area contributed by atoms with E-state index >= 15 is 0 Å². The van der Waals surface area contributed by atoms with Crippen molar-refractivity contribution in [3.63, 3.8) is 0 Å². The van der Waals surface area contributed by atoms with E-state index in [1.54, 1.807) is 31.3 Å². The lowest BCUT2D eigenvalue weighted by Crippen LogP contribution is -2.29.